The molecule has 3 rings (SSSR count). The van der Waals surface area contributed by atoms with E-state index in [9.17, 15) is 0 Å². The number of para-hydroxylation sites is 1. The van der Waals surface area contributed by atoms with E-state index in [0.29, 0.717) is 12.5 Å². The molecule has 0 unspecified atom stereocenters. The van der Waals surface area contributed by atoms with Crippen molar-refractivity contribution in [2.75, 3.05) is 24.4 Å². The lowest BCUT2D eigenvalue weighted by Gasteiger charge is -2.18. The average molecular weight is 335 g/mol. The van der Waals surface area contributed by atoms with E-state index in [-0.39, 0.29) is 0 Å². The number of rotatable bonds is 7. The molecule has 128 valence electrons. The second kappa shape index (κ2) is 8.10. The SMILES string of the molecule is COc1ccccc1CNc1nncc(N(C)Cc2ccccc2)n1. The third-order valence-electron chi connectivity index (χ3n) is 3.83. The van der Waals surface area contributed by atoms with E-state index in [0.717, 1.165) is 23.7 Å². The van der Waals surface area contributed by atoms with Crippen LogP contribution in [0.4, 0.5) is 11.8 Å². The van der Waals surface area contributed by atoms with Gasteiger partial charge in [-0.3, -0.25) is 0 Å². The molecule has 0 radical (unpaired) electrons. The van der Waals surface area contributed by atoms with E-state index in [4.69, 9.17) is 4.74 Å². The first-order valence-corrected chi connectivity index (χ1v) is 8.07. The second-order valence-corrected chi connectivity index (χ2v) is 5.65. The molecule has 0 saturated carbocycles. The fourth-order valence-electron chi connectivity index (χ4n) is 2.52. The van der Waals surface area contributed by atoms with E-state index >= 15 is 0 Å². The van der Waals surface area contributed by atoms with E-state index in [2.05, 4.69) is 32.6 Å². The number of nitrogens with zero attached hydrogens (tertiary/aromatic N) is 4. The molecule has 6 heteroatoms. The maximum absolute atomic E-state index is 5.36. The summed E-state index contributed by atoms with van der Waals surface area (Å²) < 4.78 is 5.36. The van der Waals surface area contributed by atoms with Crippen molar-refractivity contribution in [2.45, 2.75) is 13.1 Å². The minimum atomic E-state index is 0.489. The summed E-state index contributed by atoms with van der Waals surface area (Å²) in [7, 11) is 3.65. The van der Waals surface area contributed by atoms with Crippen molar-refractivity contribution in [3.63, 3.8) is 0 Å². The first kappa shape index (κ1) is 16.7. The lowest BCUT2D eigenvalue weighted by atomic mass is 10.2. The van der Waals surface area contributed by atoms with Gasteiger partial charge in [0.25, 0.3) is 0 Å². The summed E-state index contributed by atoms with van der Waals surface area (Å²) in [5, 5.41) is 11.3. The summed E-state index contributed by atoms with van der Waals surface area (Å²) in [5.74, 6) is 2.09. The van der Waals surface area contributed by atoms with Gasteiger partial charge < -0.3 is 15.0 Å². The second-order valence-electron chi connectivity index (χ2n) is 5.65. The molecule has 6 nitrogen and oxygen atoms in total. The third-order valence-corrected chi connectivity index (χ3v) is 3.83. The van der Waals surface area contributed by atoms with Crippen LogP contribution in [0.3, 0.4) is 0 Å². The molecule has 0 aliphatic rings. The monoisotopic (exact) mass is 335 g/mol. The van der Waals surface area contributed by atoms with Gasteiger partial charge in [-0.15, -0.1) is 5.10 Å². The van der Waals surface area contributed by atoms with E-state index in [1.807, 2.05) is 54.4 Å². The number of nitrogens with one attached hydrogen (secondary N) is 1. The summed E-state index contributed by atoms with van der Waals surface area (Å²) in [5.41, 5.74) is 2.25. The number of hydrogen-bond acceptors (Lipinski definition) is 6. The number of hydrogen-bond donors (Lipinski definition) is 1. The highest BCUT2D eigenvalue weighted by molar-refractivity contribution is 5.42. The Kier molecular flexibility index (Phi) is 5.41. The van der Waals surface area contributed by atoms with Crippen LogP contribution >= 0.6 is 0 Å². The predicted molar refractivity (Wildman–Crippen MR) is 98.7 cm³/mol. The Bertz CT molecular complexity index is 810. The van der Waals surface area contributed by atoms with Crippen LogP contribution in [0.15, 0.2) is 60.8 Å². The van der Waals surface area contributed by atoms with Crippen molar-refractivity contribution >= 4 is 11.8 Å². The highest BCUT2D eigenvalue weighted by Gasteiger charge is 2.07. The predicted octanol–water partition coefficient (Wildman–Crippen LogP) is 3.13. The molecular weight excluding hydrogens is 314 g/mol. The molecule has 0 saturated heterocycles. The van der Waals surface area contributed by atoms with Crippen molar-refractivity contribution < 1.29 is 4.74 Å². The largest absolute Gasteiger partial charge is 0.496 e. The van der Waals surface area contributed by atoms with Crippen LogP contribution in [-0.2, 0) is 13.1 Å². The van der Waals surface area contributed by atoms with Gasteiger partial charge in [0.1, 0.15) is 5.75 Å². The fourth-order valence-corrected chi connectivity index (χ4v) is 2.52. The Labute approximate surface area is 147 Å². The normalized spacial score (nSPS) is 10.3. The molecule has 0 spiro atoms. The fraction of sp³-hybridized carbons (Fsp3) is 0.211. The first-order chi connectivity index (χ1) is 12.3. The zero-order valence-electron chi connectivity index (χ0n) is 14.4. The number of ether oxygens (including phenoxy) is 1. The van der Waals surface area contributed by atoms with Crippen LogP contribution in [0.2, 0.25) is 0 Å². The Hall–Kier alpha value is -3.15. The number of aromatic nitrogens is 3. The Morgan fingerprint density at radius 3 is 2.60 bits per heavy atom. The number of anilines is 2. The maximum Gasteiger partial charge on any atom is 0.244 e. The van der Waals surface area contributed by atoms with Crippen molar-refractivity contribution in [1.29, 1.82) is 0 Å². The lowest BCUT2D eigenvalue weighted by molar-refractivity contribution is 0.410. The maximum atomic E-state index is 5.36. The summed E-state index contributed by atoms with van der Waals surface area (Å²) in [4.78, 5) is 6.58. The number of methoxy groups -OCH3 is 1. The highest BCUT2D eigenvalue weighted by atomic mass is 16.5. The molecule has 0 amide bonds. The van der Waals surface area contributed by atoms with E-state index in [1.54, 1.807) is 13.3 Å². The summed E-state index contributed by atoms with van der Waals surface area (Å²) in [6.07, 6.45) is 1.66. The topological polar surface area (TPSA) is 63.2 Å². The molecule has 1 N–H and O–H groups in total. The molecule has 0 atom stereocenters. The van der Waals surface area contributed by atoms with Gasteiger partial charge in [0, 0.05) is 25.7 Å². The van der Waals surface area contributed by atoms with E-state index in [1.165, 1.54) is 5.56 Å². The molecule has 1 heterocycles. The number of benzene rings is 2. The van der Waals surface area contributed by atoms with Crippen molar-refractivity contribution in [1.82, 2.24) is 15.2 Å². The highest BCUT2D eigenvalue weighted by Crippen LogP contribution is 2.18. The molecule has 25 heavy (non-hydrogen) atoms. The molecule has 3 aromatic rings. The van der Waals surface area contributed by atoms with Gasteiger partial charge in [-0.2, -0.15) is 10.1 Å². The van der Waals surface area contributed by atoms with Crippen LogP contribution in [0.25, 0.3) is 0 Å². The molecule has 2 aromatic carbocycles. The summed E-state index contributed by atoms with van der Waals surface area (Å²) in [6, 6.07) is 18.1. The molecular formula is C19H21N5O. The van der Waals surface area contributed by atoms with Crippen molar-refractivity contribution in [3.05, 3.63) is 71.9 Å². The summed E-state index contributed by atoms with van der Waals surface area (Å²) in [6.45, 7) is 1.32. The van der Waals surface area contributed by atoms with Crippen LogP contribution in [-0.4, -0.2) is 29.3 Å². The molecule has 0 aliphatic carbocycles. The van der Waals surface area contributed by atoms with Gasteiger partial charge in [0.15, 0.2) is 5.82 Å². The quantitative estimate of drug-likeness (QED) is 0.716. The Balaban J connectivity index is 1.67. The molecule has 0 bridgehead atoms. The van der Waals surface area contributed by atoms with Crippen molar-refractivity contribution in [2.24, 2.45) is 0 Å². The minimum absolute atomic E-state index is 0.489. The van der Waals surface area contributed by atoms with Crippen LogP contribution < -0.4 is 15.0 Å². The summed E-state index contributed by atoms with van der Waals surface area (Å²) >= 11 is 0. The van der Waals surface area contributed by atoms with Gasteiger partial charge in [0.2, 0.25) is 5.95 Å². The zero-order valence-corrected chi connectivity index (χ0v) is 14.4. The first-order valence-electron chi connectivity index (χ1n) is 8.07. The minimum Gasteiger partial charge on any atom is -0.496 e. The van der Waals surface area contributed by atoms with Gasteiger partial charge in [-0.1, -0.05) is 48.5 Å². The van der Waals surface area contributed by atoms with Gasteiger partial charge >= 0.3 is 0 Å². The van der Waals surface area contributed by atoms with Crippen LogP contribution in [0, 0.1) is 0 Å². The molecule has 0 aliphatic heterocycles. The molecule has 1 aromatic heterocycles. The lowest BCUT2D eigenvalue weighted by Crippen LogP contribution is -2.19. The van der Waals surface area contributed by atoms with Gasteiger partial charge in [0.05, 0.1) is 13.3 Å². The average Bonchev–Trinajstić information content (AvgIpc) is 2.67. The van der Waals surface area contributed by atoms with Crippen LogP contribution in [0.1, 0.15) is 11.1 Å². The standard InChI is InChI=1S/C19H21N5O/c1-24(14-15-8-4-3-5-9-15)18-13-21-23-19(22-18)20-12-16-10-6-7-11-17(16)25-2/h3-11,13H,12,14H2,1-2H3,(H,20,22,23). The van der Waals surface area contributed by atoms with Gasteiger partial charge in [-0.05, 0) is 11.6 Å². The van der Waals surface area contributed by atoms with Gasteiger partial charge in [-0.25, -0.2) is 0 Å². The third kappa shape index (κ3) is 4.44. The Morgan fingerprint density at radius 2 is 1.80 bits per heavy atom. The Morgan fingerprint density at radius 1 is 1.04 bits per heavy atom. The van der Waals surface area contributed by atoms with E-state index < -0.39 is 0 Å². The zero-order chi connectivity index (χ0) is 17.5. The van der Waals surface area contributed by atoms with Crippen LogP contribution in [0.5, 0.6) is 5.75 Å². The van der Waals surface area contributed by atoms with Crippen molar-refractivity contribution in [3.8, 4) is 5.75 Å². The molecule has 0 fully saturated rings. The smallest absolute Gasteiger partial charge is 0.244 e.